The van der Waals surface area contributed by atoms with Crippen LogP contribution >= 0.6 is 0 Å². The zero-order valence-electron chi connectivity index (χ0n) is 34.0. The van der Waals surface area contributed by atoms with Crippen LogP contribution in [0.25, 0.3) is 11.4 Å². The van der Waals surface area contributed by atoms with Gasteiger partial charge in [-0.05, 0) is 124 Å². The molecule has 0 aliphatic heterocycles. The van der Waals surface area contributed by atoms with Crippen molar-refractivity contribution < 1.29 is 38.1 Å². The molecule has 0 aliphatic rings. The van der Waals surface area contributed by atoms with Crippen molar-refractivity contribution in [2.75, 3.05) is 64.1 Å². The number of carbonyl (C=O) groups is 4. The van der Waals surface area contributed by atoms with E-state index in [0.29, 0.717) is 47.0 Å². The molecule has 14 heteroatoms. The number of rotatable bonds is 23. The van der Waals surface area contributed by atoms with Crippen LogP contribution in [0.15, 0.2) is 72.8 Å². The second kappa shape index (κ2) is 23.4. The molecule has 0 unspecified atom stereocenters. The van der Waals surface area contributed by atoms with Crippen molar-refractivity contribution in [2.45, 2.75) is 66.5 Å². The van der Waals surface area contributed by atoms with Crippen molar-refractivity contribution >= 4 is 35.3 Å². The lowest BCUT2D eigenvalue weighted by Crippen LogP contribution is -2.36. The van der Waals surface area contributed by atoms with Gasteiger partial charge in [0.2, 0.25) is 0 Å². The number of nitrogen functional groups attached to an aromatic ring is 2. The van der Waals surface area contributed by atoms with Crippen LogP contribution in [0.4, 0.5) is 11.4 Å². The number of ether oxygens (including phenoxy) is 4. The van der Waals surface area contributed by atoms with Gasteiger partial charge in [0.1, 0.15) is 0 Å². The molecule has 0 fully saturated rings. The maximum Gasteiger partial charge on any atom is 0.320 e. The number of benzene rings is 2. The third-order valence-electron chi connectivity index (χ3n) is 8.91. The Hall–Kier alpha value is -5.86. The van der Waals surface area contributed by atoms with E-state index in [2.05, 4.69) is 0 Å². The number of aromatic nitrogens is 2. The van der Waals surface area contributed by atoms with E-state index in [1.807, 2.05) is 72.8 Å². The maximum absolute atomic E-state index is 12.6. The van der Waals surface area contributed by atoms with Gasteiger partial charge < -0.3 is 30.4 Å². The summed E-state index contributed by atoms with van der Waals surface area (Å²) in [6.07, 6.45) is 2.74. The highest BCUT2D eigenvalue weighted by molar-refractivity contribution is 5.75. The minimum atomic E-state index is -0.471. The van der Waals surface area contributed by atoms with Crippen LogP contribution in [0, 0.1) is 0 Å². The van der Waals surface area contributed by atoms with E-state index in [-0.39, 0.29) is 65.7 Å². The molecule has 310 valence electrons. The molecule has 4 N–H and O–H groups in total. The molecular weight excluding hydrogens is 741 g/mol. The molecule has 0 saturated carbocycles. The second-order valence-electron chi connectivity index (χ2n) is 13.7. The Morgan fingerprint density at radius 1 is 0.466 bits per heavy atom. The Labute approximate surface area is 340 Å². The Morgan fingerprint density at radius 2 is 0.759 bits per heavy atom. The summed E-state index contributed by atoms with van der Waals surface area (Å²) in [7, 11) is 0. The number of nitrogens with zero attached hydrogens (tertiary/aromatic N) is 4. The molecule has 0 bridgehead atoms. The van der Waals surface area contributed by atoms with Crippen molar-refractivity contribution in [3.8, 4) is 11.4 Å². The molecule has 0 aliphatic carbocycles. The number of pyridine rings is 2. The fourth-order valence-electron chi connectivity index (χ4n) is 6.31. The van der Waals surface area contributed by atoms with Crippen molar-refractivity contribution in [2.24, 2.45) is 0 Å². The number of carbonyl (C=O) groups excluding carboxylic acids is 4. The van der Waals surface area contributed by atoms with E-state index in [0.717, 1.165) is 35.1 Å². The van der Waals surface area contributed by atoms with Crippen LogP contribution in [0.1, 0.15) is 61.3 Å². The Bertz CT molecular complexity index is 1770. The summed E-state index contributed by atoms with van der Waals surface area (Å²) in [4.78, 5) is 64.0. The summed E-state index contributed by atoms with van der Waals surface area (Å²) in [5.41, 5.74) is 19.8. The Kier molecular flexibility index (Phi) is 18.1. The fraction of sp³-hybridized carbons (Fsp3) is 0.409. The van der Waals surface area contributed by atoms with Crippen molar-refractivity contribution in [3.63, 3.8) is 0 Å². The van der Waals surface area contributed by atoms with Gasteiger partial charge in [0.25, 0.3) is 0 Å². The Morgan fingerprint density at radius 3 is 1.05 bits per heavy atom. The lowest BCUT2D eigenvalue weighted by Gasteiger charge is -2.22. The van der Waals surface area contributed by atoms with Crippen LogP contribution in [-0.4, -0.2) is 96.3 Å². The van der Waals surface area contributed by atoms with Crippen LogP contribution in [0.5, 0.6) is 0 Å². The van der Waals surface area contributed by atoms with Gasteiger partial charge in [-0.25, -0.2) is 9.97 Å². The van der Waals surface area contributed by atoms with E-state index < -0.39 is 23.9 Å². The fourth-order valence-corrected chi connectivity index (χ4v) is 6.31. The van der Waals surface area contributed by atoms with E-state index in [9.17, 15) is 19.2 Å². The minimum absolute atomic E-state index is 0.140. The largest absolute Gasteiger partial charge is 0.465 e. The Balaban J connectivity index is 1.79. The number of esters is 4. The third kappa shape index (κ3) is 15.6. The molecule has 4 rings (SSSR count). The zero-order valence-corrected chi connectivity index (χ0v) is 34.0. The second-order valence-corrected chi connectivity index (χ2v) is 13.7. The van der Waals surface area contributed by atoms with Gasteiger partial charge in [0, 0.05) is 24.5 Å². The molecule has 0 radical (unpaired) electrons. The lowest BCUT2D eigenvalue weighted by molar-refractivity contribution is -0.150. The topological polar surface area (TPSA) is 189 Å². The van der Waals surface area contributed by atoms with Crippen LogP contribution in [0.3, 0.4) is 0 Å². The number of hydrogen-bond acceptors (Lipinski definition) is 14. The summed E-state index contributed by atoms with van der Waals surface area (Å²) in [6, 6.07) is 23.4. The van der Waals surface area contributed by atoms with Gasteiger partial charge >= 0.3 is 23.9 Å². The summed E-state index contributed by atoms with van der Waals surface area (Å²) in [6.45, 7) is 7.46. The third-order valence-corrected chi connectivity index (χ3v) is 8.91. The van der Waals surface area contributed by atoms with E-state index in [1.165, 1.54) is 0 Å². The van der Waals surface area contributed by atoms with E-state index >= 15 is 0 Å². The predicted octanol–water partition coefficient (Wildman–Crippen LogP) is 4.73. The molecule has 0 spiro atoms. The SMILES string of the molecule is CCOC(=O)CN(CC(=O)OCC)Cc1cc(CCc2ccc(N)cc2)cc(-c2cc(CCc3ccc(N)cc3)cc(CN(CC(=O)OCC)CC(=O)OCC)n2)n1. The average Bonchev–Trinajstić information content (AvgIpc) is 3.17. The van der Waals surface area contributed by atoms with Crippen molar-refractivity contribution in [1.82, 2.24) is 19.8 Å². The van der Waals surface area contributed by atoms with Crippen molar-refractivity contribution in [3.05, 3.63) is 106 Å². The molecule has 0 amide bonds. The van der Waals surface area contributed by atoms with Gasteiger partial charge in [0.05, 0.1) is 75.4 Å². The van der Waals surface area contributed by atoms with Crippen molar-refractivity contribution in [1.29, 1.82) is 0 Å². The predicted molar refractivity (Wildman–Crippen MR) is 221 cm³/mol. The summed E-state index contributed by atoms with van der Waals surface area (Å²) < 4.78 is 20.9. The lowest BCUT2D eigenvalue weighted by atomic mass is 10.0. The first-order chi connectivity index (χ1) is 28.0. The van der Waals surface area contributed by atoms with Gasteiger partial charge in [-0.1, -0.05) is 24.3 Å². The number of anilines is 2. The molecule has 2 aromatic carbocycles. The van der Waals surface area contributed by atoms with Gasteiger partial charge in [-0.15, -0.1) is 0 Å². The van der Waals surface area contributed by atoms with Crippen LogP contribution in [-0.2, 0) is 76.9 Å². The molecule has 0 saturated heterocycles. The molecule has 2 aromatic heterocycles. The highest BCUT2D eigenvalue weighted by Crippen LogP contribution is 2.24. The first kappa shape index (κ1) is 44.8. The normalized spacial score (nSPS) is 11.1. The standard InChI is InChI=1S/C44H56N6O8/c1-5-55-41(51)27-49(28-42(52)56-6-2)25-37-21-33(11-9-31-13-17-35(45)18-14-31)23-39(47-37)40-24-34(12-10-32-15-19-36(46)20-16-32)22-38(48-40)26-50(29-43(53)57-7-3)30-44(54)58-8-4/h13-24H,5-12,25-30,45-46H2,1-4H3. The minimum Gasteiger partial charge on any atom is -0.465 e. The molecule has 14 nitrogen and oxygen atoms in total. The highest BCUT2D eigenvalue weighted by atomic mass is 16.5. The van der Waals surface area contributed by atoms with E-state index in [4.69, 9.17) is 40.4 Å². The smallest absolute Gasteiger partial charge is 0.320 e. The van der Waals surface area contributed by atoms with Gasteiger partial charge in [-0.3, -0.25) is 29.0 Å². The quantitative estimate of drug-likeness (QED) is 0.0595. The zero-order chi connectivity index (χ0) is 41.9. The number of hydrogen-bond donors (Lipinski definition) is 2. The molecule has 58 heavy (non-hydrogen) atoms. The maximum atomic E-state index is 12.6. The highest BCUT2D eigenvalue weighted by Gasteiger charge is 2.21. The first-order valence-electron chi connectivity index (χ1n) is 19.7. The van der Waals surface area contributed by atoms with Gasteiger partial charge in [-0.2, -0.15) is 0 Å². The molecule has 2 heterocycles. The number of nitrogens with two attached hydrogens (primary N) is 2. The first-order valence-corrected chi connectivity index (χ1v) is 19.7. The van der Waals surface area contributed by atoms with Crippen LogP contribution in [0.2, 0.25) is 0 Å². The number of aryl methyl sites for hydroxylation is 4. The monoisotopic (exact) mass is 796 g/mol. The van der Waals surface area contributed by atoms with Gasteiger partial charge in [0.15, 0.2) is 0 Å². The summed E-state index contributed by atoms with van der Waals surface area (Å²) in [5, 5.41) is 0. The summed E-state index contributed by atoms with van der Waals surface area (Å²) in [5.74, 6) is -1.88. The average molecular weight is 797 g/mol. The molecule has 0 atom stereocenters. The molecular formula is C44H56N6O8. The summed E-state index contributed by atoms with van der Waals surface area (Å²) >= 11 is 0. The van der Waals surface area contributed by atoms with Crippen LogP contribution < -0.4 is 11.5 Å². The molecule has 4 aromatic rings. The van der Waals surface area contributed by atoms with E-state index in [1.54, 1.807) is 37.5 Å².